The molecule has 2 aromatic rings. The third-order valence-electron chi connectivity index (χ3n) is 4.74. The number of nitrogens with zero attached hydrogens (tertiary/aromatic N) is 1. The Hall–Kier alpha value is -2.89. The summed E-state index contributed by atoms with van der Waals surface area (Å²) in [6.45, 7) is 3.89. The van der Waals surface area contributed by atoms with Crippen molar-refractivity contribution in [1.82, 2.24) is 10.2 Å². The number of nitrogens with one attached hydrogen (secondary N) is 1. The van der Waals surface area contributed by atoms with Crippen LogP contribution in [0.3, 0.4) is 0 Å². The summed E-state index contributed by atoms with van der Waals surface area (Å²) in [4.78, 5) is 14.4. The molecule has 0 aliphatic rings. The zero-order valence-corrected chi connectivity index (χ0v) is 16.8. The van der Waals surface area contributed by atoms with Gasteiger partial charge in [-0.25, -0.2) is 4.79 Å². The number of hydrogen-bond acceptors (Lipinski definition) is 4. The van der Waals surface area contributed by atoms with Crippen LogP contribution in [0.4, 0.5) is 4.79 Å². The van der Waals surface area contributed by atoms with Gasteiger partial charge in [-0.05, 0) is 32.0 Å². The predicted octanol–water partition coefficient (Wildman–Crippen LogP) is 4.18. The highest BCUT2D eigenvalue weighted by Crippen LogP contribution is 2.31. The summed E-state index contributed by atoms with van der Waals surface area (Å²) in [5, 5.41) is 3.02. The summed E-state index contributed by atoms with van der Waals surface area (Å²) in [6.07, 6.45) is 0. The number of carbonyl (C=O) groups excluding carboxylic acids is 1. The van der Waals surface area contributed by atoms with Crippen LogP contribution in [0, 0.1) is 0 Å². The Morgan fingerprint density at radius 2 is 1.59 bits per heavy atom. The van der Waals surface area contributed by atoms with E-state index in [1.807, 2.05) is 50.2 Å². The number of ether oxygens (including phenoxy) is 3. The predicted molar refractivity (Wildman–Crippen MR) is 106 cm³/mol. The maximum absolute atomic E-state index is 12.8. The number of rotatable bonds is 7. The number of amides is 2. The van der Waals surface area contributed by atoms with Crippen molar-refractivity contribution in [3.05, 3.63) is 53.6 Å². The highest BCUT2D eigenvalue weighted by Gasteiger charge is 2.22. The lowest BCUT2D eigenvalue weighted by Gasteiger charge is -2.28. The second-order valence-corrected chi connectivity index (χ2v) is 6.31. The molecule has 2 unspecified atom stereocenters. The van der Waals surface area contributed by atoms with E-state index in [1.54, 1.807) is 39.3 Å². The Labute approximate surface area is 161 Å². The zero-order valence-electron chi connectivity index (χ0n) is 16.8. The standard InChI is InChI=1S/C21H28N2O4/c1-14(17-12-11-16(25-4)13-20(17)27-6)22-21(24)23(3)15(2)18-9-7-8-10-19(18)26-5/h7-15H,1-6H3,(H,22,24). The fourth-order valence-corrected chi connectivity index (χ4v) is 2.94. The van der Waals surface area contributed by atoms with Crippen molar-refractivity contribution >= 4 is 6.03 Å². The fraction of sp³-hybridized carbons (Fsp3) is 0.381. The van der Waals surface area contributed by atoms with Gasteiger partial charge in [-0.1, -0.05) is 18.2 Å². The van der Waals surface area contributed by atoms with Gasteiger partial charge in [-0.3, -0.25) is 0 Å². The highest BCUT2D eigenvalue weighted by molar-refractivity contribution is 5.75. The molecule has 1 N–H and O–H groups in total. The van der Waals surface area contributed by atoms with Crippen LogP contribution in [0.1, 0.15) is 37.1 Å². The molecule has 2 rings (SSSR count). The zero-order chi connectivity index (χ0) is 20.0. The van der Waals surface area contributed by atoms with Crippen LogP contribution >= 0.6 is 0 Å². The van der Waals surface area contributed by atoms with Crippen LogP contribution in [0.15, 0.2) is 42.5 Å². The van der Waals surface area contributed by atoms with Crippen LogP contribution in [-0.4, -0.2) is 39.3 Å². The number of benzene rings is 2. The molecule has 27 heavy (non-hydrogen) atoms. The molecular formula is C21H28N2O4. The molecule has 0 bridgehead atoms. The van der Waals surface area contributed by atoms with Crippen molar-refractivity contribution in [3.63, 3.8) is 0 Å². The van der Waals surface area contributed by atoms with Gasteiger partial charge in [0.25, 0.3) is 0 Å². The Bertz CT molecular complexity index is 779. The second kappa shape index (κ2) is 9.16. The molecule has 0 saturated heterocycles. The lowest BCUT2D eigenvalue weighted by atomic mass is 10.1. The first kappa shape index (κ1) is 20.4. The molecule has 0 aliphatic heterocycles. The normalized spacial score (nSPS) is 12.7. The highest BCUT2D eigenvalue weighted by atomic mass is 16.5. The van der Waals surface area contributed by atoms with Gasteiger partial charge < -0.3 is 24.4 Å². The van der Waals surface area contributed by atoms with E-state index in [0.29, 0.717) is 11.5 Å². The third kappa shape index (κ3) is 4.64. The molecule has 0 fully saturated rings. The van der Waals surface area contributed by atoms with Crippen molar-refractivity contribution in [3.8, 4) is 17.2 Å². The Balaban J connectivity index is 2.14. The van der Waals surface area contributed by atoms with E-state index in [1.165, 1.54) is 0 Å². The van der Waals surface area contributed by atoms with Gasteiger partial charge in [0.2, 0.25) is 0 Å². The number of para-hydroxylation sites is 1. The fourth-order valence-electron chi connectivity index (χ4n) is 2.94. The minimum atomic E-state index is -0.231. The average Bonchev–Trinajstić information content (AvgIpc) is 2.71. The molecule has 6 heteroatoms. The molecular weight excluding hydrogens is 344 g/mol. The van der Waals surface area contributed by atoms with Gasteiger partial charge in [0.05, 0.1) is 33.4 Å². The molecule has 2 aromatic carbocycles. The third-order valence-corrected chi connectivity index (χ3v) is 4.74. The lowest BCUT2D eigenvalue weighted by molar-refractivity contribution is 0.190. The van der Waals surface area contributed by atoms with Crippen LogP contribution in [0.25, 0.3) is 0 Å². The number of methoxy groups -OCH3 is 3. The van der Waals surface area contributed by atoms with E-state index >= 15 is 0 Å². The topological polar surface area (TPSA) is 60.0 Å². The Kier molecular flexibility index (Phi) is 6.93. The van der Waals surface area contributed by atoms with Crippen LogP contribution < -0.4 is 19.5 Å². The first-order chi connectivity index (χ1) is 12.9. The molecule has 2 atom stereocenters. The first-order valence-corrected chi connectivity index (χ1v) is 8.81. The maximum atomic E-state index is 12.8. The van der Waals surface area contributed by atoms with E-state index in [0.717, 1.165) is 16.9 Å². The maximum Gasteiger partial charge on any atom is 0.318 e. The van der Waals surface area contributed by atoms with Gasteiger partial charge in [0.15, 0.2) is 0 Å². The van der Waals surface area contributed by atoms with E-state index in [2.05, 4.69) is 5.32 Å². The summed E-state index contributed by atoms with van der Waals surface area (Å²) >= 11 is 0. The summed E-state index contributed by atoms with van der Waals surface area (Å²) in [5.74, 6) is 2.13. The van der Waals surface area contributed by atoms with Crippen LogP contribution in [0.5, 0.6) is 17.2 Å². The molecule has 0 saturated carbocycles. The molecule has 146 valence electrons. The molecule has 0 aliphatic carbocycles. The quantitative estimate of drug-likeness (QED) is 0.792. The Morgan fingerprint density at radius 1 is 0.926 bits per heavy atom. The van der Waals surface area contributed by atoms with Gasteiger partial charge in [0.1, 0.15) is 17.2 Å². The summed E-state index contributed by atoms with van der Waals surface area (Å²) < 4.78 is 16.1. The minimum Gasteiger partial charge on any atom is -0.497 e. The average molecular weight is 372 g/mol. The molecule has 6 nitrogen and oxygen atoms in total. The van der Waals surface area contributed by atoms with Crippen LogP contribution in [0.2, 0.25) is 0 Å². The summed E-state index contributed by atoms with van der Waals surface area (Å²) in [7, 11) is 6.60. The number of hydrogen-bond donors (Lipinski definition) is 1. The molecule has 0 heterocycles. The molecule has 0 radical (unpaired) electrons. The van der Waals surface area contributed by atoms with Crippen molar-refractivity contribution in [2.45, 2.75) is 25.9 Å². The van der Waals surface area contributed by atoms with Crippen molar-refractivity contribution < 1.29 is 19.0 Å². The summed E-state index contributed by atoms with van der Waals surface area (Å²) in [5.41, 5.74) is 1.83. The second-order valence-electron chi connectivity index (χ2n) is 6.31. The Morgan fingerprint density at radius 3 is 2.22 bits per heavy atom. The molecule has 0 spiro atoms. The smallest absolute Gasteiger partial charge is 0.318 e. The minimum absolute atomic E-state index is 0.147. The monoisotopic (exact) mass is 372 g/mol. The largest absolute Gasteiger partial charge is 0.497 e. The van der Waals surface area contributed by atoms with Gasteiger partial charge >= 0.3 is 6.03 Å². The van der Waals surface area contributed by atoms with E-state index in [-0.39, 0.29) is 18.1 Å². The van der Waals surface area contributed by atoms with Crippen molar-refractivity contribution in [2.24, 2.45) is 0 Å². The SMILES string of the molecule is COc1ccc(C(C)NC(=O)N(C)C(C)c2ccccc2OC)c(OC)c1. The van der Waals surface area contributed by atoms with Gasteiger partial charge in [-0.2, -0.15) is 0 Å². The van der Waals surface area contributed by atoms with E-state index < -0.39 is 0 Å². The van der Waals surface area contributed by atoms with E-state index in [9.17, 15) is 4.79 Å². The van der Waals surface area contributed by atoms with E-state index in [4.69, 9.17) is 14.2 Å². The van der Waals surface area contributed by atoms with Crippen molar-refractivity contribution in [1.29, 1.82) is 0 Å². The molecule has 0 aromatic heterocycles. The summed E-state index contributed by atoms with van der Waals surface area (Å²) in [6, 6.07) is 12.7. The van der Waals surface area contributed by atoms with Gasteiger partial charge in [0, 0.05) is 24.2 Å². The van der Waals surface area contributed by atoms with Crippen LogP contribution in [-0.2, 0) is 0 Å². The van der Waals surface area contributed by atoms with Gasteiger partial charge in [-0.15, -0.1) is 0 Å². The van der Waals surface area contributed by atoms with Crippen molar-refractivity contribution in [2.75, 3.05) is 28.4 Å². The molecule has 2 amide bonds. The lowest BCUT2D eigenvalue weighted by Crippen LogP contribution is -2.40. The number of carbonyl (C=O) groups is 1. The number of urea groups is 1. The first-order valence-electron chi connectivity index (χ1n) is 8.81.